The minimum atomic E-state index is -4.63. The van der Waals surface area contributed by atoms with Crippen LogP contribution >= 0.6 is 11.6 Å². The van der Waals surface area contributed by atoms with Crippen molar-refractivity contribution in [1.82, 2.24) is 4.90 Å². The number of benzene rings is 3. The number of morpholine rings is 1. The van der Waals surface area contributed by atoms with Crippen molar-refractivity contribution in [2.75, 3.05) is 50.1 Å². The summed E-state index contributed by atoms with van der Waals surface area (Å²) in [5, 5.41) is 6.24. The predicted octanol–water partition coefficient (Wildman–Crippen LogP) is 5.87. The molecule has 180 valence electrons. The molecule has 1 fully saturated rings. The molecule has 0 spiro atoms. The van der Waals surface area contributed by atoms with Crippen molar-refractivity contribution in [1.29, 1.82) is 0 Å². The molecule has 1 aliphatic rings. The second kappa shape index (κ2) is 10.5. The highest BCUT2D eigenvalue weighted by Crippen LogP contribution is 2.36. The van der Waals surface area contributed by atoms with Crippen LogP contribution in [0.15, 0.2) is 54.6 Å². The molecule has 0 aliphatic carbocycles. The number of ether oxygens (including phenoxy) is 2. The van der Waals surface area contributed by atoms with Gasteiger partial charge in [-0.3, -0.25) is 4.90 Å². The van der Waals surface area contributed by atoms with Gasteiger partial charge >= 0.3 is 12.2 Å². The van der Waals surface area contributed by atoms with Crippen molar-refractivity contribution in [3.63, 3.8) is 0 Å². The van der Waals surface area contributed by atoms with Gasteiger partial charge in [0.2, 0.25) is 0 Å². The lowest BCUT2D eigenvalue weighted by Gasteiger charge is -2.26. The number of urea groups is 1. The molecule has 1 aliphatic heterocycles. The summed E-state index contributed by atoms with van der Waals surface area (Å²) in [6.45, 7) is 4.48. The Bertz CT molecular complexity index is 1170. The van der Waals surface area contributed by atoms with E-state index in [1.165, 1.54) is 6.07 Å². The number of anilines is 2. The van der Waals surface area contributed by atoms with Crippen LogP contribution < -0.4 is 15.4 Å². The van der Waals surface area contributed by atoms with Crippen LogP contribution in [0.25, 0.3) is 10.8 Å². The second-order valence-corrected chi connectivity index (χ2v) is 8.14. The summed E-state index contributed by atoms with van der Waals surface area (Å²) in [5.74, 6) is 0.683. The van der Waals surface area contributed by atoms with Gasteiger partial charge < -0.3 is 20.1 Å². The lowest BCUT2D eigenvalue weighted by molar-refractivity contribution is -0.137. The maximum Gasteiger partial charge on any atom is 0.417 e. The summed E-state index contributed by atoms with van der Waals surface area (Å²) in [6.07, 6.45) is -4.63. The van der Waals surface area contributed by atoms with Crippen LogP contribution in [0, 0.1) is 0 Å². The Labute approximate surface area is 199 Å². The summed E-state index contributed by atoms with van der Waals surface area (Å²) >= 11 is 5.64. The molecule has 0 atom stereocenters. The quantitative estimate of drug-likeness (QED) is 0.451. The Morgan fingerprint density at radius 2 is 1.76 bits per heavy atom. The fourth-order valence-electron chi connectivity index (χ4n) is 3.72. The summed E-state index contributed by atoms with van der Waals surface area (Å²) in [5.41, 5.74) is -0.545. The minimum absolute atomic E-state index is 0.0263. The van der Waals surface area contributed by atoms with Gasteiger partial charge in [0.1, 0.15) is 12.4 Å². The van der Waals surface area contributed by atoms with E-state index in [4.69, 9.17) is 21.1 Å². The lowest BCUT2D eigenvalue weighted by Crippen LogP contribution is -2.38. The molecule has 3 aromatic rings. The topological polar surface area (TPSA) is 62.8 Å². The first-order chi connectivity index (χ1) is 16.3. The largest absolute Gasteiger partial charge is 0.492 e. The number of alkyl halides is 3. The number of fused-ring (bicyclic) bond motifs is 1. The van der Waals surface area contributed by atoms with Gasteiger partial charge in [0.05, 0.1) is 29.5 Å². The third kappa shape index (κ3) is 5.91. The van der Waals surface area contributed by atoms with E-state index in [1.54, 1.807) is 12.1 Å². The molecule has 0 radical (unpaired) electrons. The zero-order valence-electron chi connectivity index (χ0n) is 18.1. The molecular weight excluding hydrogens is 471 g/mol. The van der Waals surface area contributed by atoms with Gasteiger partial charge in [-0.15, -0.1) is 0 Å². The first kappa shape index (κ1) is 24.1. The average molecular weight is 494 g/mol. The number of nitrogens with zero attached hydrogens (tertiary/aromatic N) is 1. The molecule has 4 rings (SSSR count). The number of carbonyl (C=O) groups is 1. The van der Waals surface area contributed by atoms with E-state index in [1.807, 2.05) is 24.3 Å². The predicted molar refractivity (Wildman–Crippen MR) is 126 cm³/mol. The van der Waals surface area contributed by atoms with Crippen molar-refractivity contribution in [3.05, 3.63) is 65.2 Å². The van der Waals surface area contributed by atoms with Gasteiger partial charge in [0.15, 0.2) is 0 Å². The van der Waals surface area contributed by atoms with Gasteiger partial charge in [-0.25, -0.2) is 4.79 Å². The van der Waals surface area contributed by atoms with Crippen LogP contribution in [0.1, 0.15) is 5.56 Å². The number of nitrogens with one attached hydrogen (secondary N) is 2. The second-order valence-electron chi connectivity index (χ2n) is 7.73. The molecule has 1 saturated heterocycles. The van der Waals surface area contributed by atoms with Gasteiger partial charge in [-0.2, -0.15) is 13.2 Å². The van der Waals surface area contributed by atoms with Gasteiger partial charge in [-0.05, 0) is 30.3 Å². The maximum atomic E-state index is 13.1. The molecule has 0 unspecified atom stereocenters. The molecule has 2 N–H and O–H groups in total. The smallest absolute Gasteiger partial charge is 0.417 e. The fraction of sp³-hybridized carbons (Fsp3) is 0.292. The molecule has 6 nitrogen and oxygen atoms in total. The highest BCUT2D eigenvalue weighted by molar-refractivity contribution is 6.31. The molecule has 10 heteroatoms. The highest BCUT2D eigenvalue weighted by atomic mass is 35.5. The van der Waals surface area contributed by atoms with Crippen LogP contribution in [-0.4, -0.2) is 50.4 Å². The Morgan fingerprint density at radius 1 is 1.03 bits per heavy atom. The van der Waals surface area contributed by atoms with Crippen molar-refractivity contribution >= 4 is 39.8 Å². The highest BCUT2D eigenvalue weighted by Gasteiger charge is 2.33. The van der Waals surface area contributed by atoms with Crippen LogP contribution in [0.4, 0.5) is 29.3 Å². The fourth-order valence-corrected chi connectivity index (χ4v) is 3.95. The van der Waals surface area contributed by atoms with Crippen molar-refractivity contribution in [3.8, 4) is 5.75 Å². The SMILES string of the molecule is O=C(Nc1ccc(Cl)c(C(F)(F)F)c1)Nc1ccc(OCCN2CCOCC2)c2ccccc12. The number of rotatable bonds is 6. The number of hydrogen-bond donors (Lipinski definition) is 2. The van der Waals surface area contributed by atoms with Crippen LogP contribution in [-0.2, 0) is 10.9 Å². The maximum absolute atomic E-state index is 13.1. The molecule has 0 aromatic heterocycles. The standard InChI is InChI=1S/C24H23ClF3N3O3/c25-20-6-5-16(15-19(20)24(26,27)28)29-23(32)30-21-7-8-22(18-4-2-1-3-17(18)21)34-14-11-31-9-12-33-13-10-31/h1-8,15H,9-14H2,(H2,29,30,32). The van der Waals surface area contributed by atoms with Gasteiger partial charge in [0, 0.05) is 36.1 Å². The summed E-state index contributed by atoms with van der Waals surface area (Å²) < 4.78 is 50.6. The normalized spacial score (nSPS) is 14.7. The third-order valence-corrected chi connectivity index (χ3v) is 5.76. The van der Waals surface area contributed by atoms with Crippen LogP contribution in [0.3, 0.4) is 0 Å². The van der Waals surface area contributed by atoms with E-state index in [2.05, 4.69) is 15.5 Å². The number of amides is 2. The third-order valence-electron chi connectivity index (χ3n) is 5.43. The molecule has 0 saturated carbocycles. The van der Waals surface area contributed by atoms with Crippen LogP contribution in [0.5, 0.6) is 5.75 Å². The van der Waals surface area contributed by atoms with E-state index < -0.39 is 22.8 Å². The van der Waals surface area contributed by atoms with E-state index in [9.17, 15) is 18.0 Å². The molecule has 0 bridgehead atoms. The van der Waals surface area contributed by atoms with Crippen LogP contribution in [0.2, 0.25) is 5.02 Å². The van der Waals surface area contributed by atoms with Gasteiger partial charge in [-0.1, -0.05) is 35.9 Å². The molecule has 3 aromatic carbocycles. The van der Waals surface area contributed by atoms with E-state index in [0.717, 1.165) is 55.8 Å². The zero-order chi connectivity index (χ0) is 24.1. The Kier molecular flexibility index (Phi) is 7.45. The Hall–Kier alpha value is -3.01. The van der Waals surface area contributed by atoms with Gasteiger partial charge in [0.25, 0.3) is 0 Å². The lowest BCUT2D eigenvalue weighted by atomic mass is 10.1. The first-order valence-electron chi connectivity index (χ1n) is 10.7. The number of carbonyl (C=O) groups excluding carboxylic acids is 1. The first-order valence-corrected chi connectivity index (χ1v) is 11.1. The molecular formula is C24H23ClF3N3O3. The minimum Gasteiger partial charge on any atom is -0.492 e. The van der Waals surface area contributed by atoms with Crippen molar-refractivity contribution in [2.24, 2.45) is 0 Å². The van der Waals surface area contributed by atoms with Crippen molar-refractivity contribution in [2.45, 2.75) is 6.18 Å². The zero-order valence-corrected chi connectivity index (χ0v) is 18.9. The average Bonchev–Trinajstić information content (AvgIpc) is 2.81. The van der Waals surface area contributed by atoms with E-state index in [-0.39, 0.29) is 5.69 Å². The summed E-state index contributed by atoms with van der Waals surface area (Å²) in [4.78, 5) is 14.8. The molecule has 1 heterocycles. The summed E-state index contributed by atoms with van der Waals surface area (Å²) in [7, 11) is 0. The number of hydrogen-bond acceptors (Lipinski definition) is 4. The molecule has 34 heavy (non-hydrogen) atoms. The van der Waals surface area contributed by atoms with E-state index in [0.29, 0.717) is 18.0 Å². The monoisotopic (exact) mass is 493 g/mol. The van der Waals surface area contributed by atoms with Crippen molar-refractivity contribution < 1.29 is 27.4 Å². The molecule has 2 amide bonds. The van der Waals surface area contributed by atoms with E-state index >= 15 is 0 Å². The number of halogens is 4. The summed E-state index contributed by atoms with van der Waals surface area (Å²) in [6, 6.07) is 13.4. The Balaban J connectivity index is 1.45. The Morgan fingerprint density at radius 3 is 2.50 bits per heavy atom.